The van der Waals surface area contributed by atoms with Crippen molar-refractivity contribution in [2.75, 3.05) is 0 Å². The van der Waals surface area contributed by atoms with Gasteiger partial charge in [0.25, 0.3) is 0 Å². The molecule has 1 aromatic carbocycles. The molecule has 0 aliphatic carbocycles. The van der Waals surface area contributed by atoms with E-state index in [4.69, 9.17) is 0 Å². The van der Waals surface area contributed by atoms with Crippen LogP contribution in [0.15, 0.2) is 40.6 Å². The van der Waals surface area contributed by atoms with Crippen molar-refractivity contribution in [3.05, 3.63) is 35.9 Å². The molecule has 0 bridgehead atoms. The van der Waals surface area contributed by atoms with Gasteiger partial charge in [-0.2, -0.15) is 10.2 Å². The Morgan fingerprint density at radius 1 is 1.26 bits per heavy atom. The molecule has 0 spiro atoms. The fourth-order valence-corrected chi connectivity index (χ4v) is 2.01. The number of carbonyl (C=O) groups excluding carboxylic acids is 1. The van der Waals surface area contributed by atoms with Crippen molar-refractivity contribution >= 4 is 5.91 Å². The van der Waals surface area contributed by atoms with Crippen molar-refractivity contribution in [1.82, 2.24) is 4.90 Å². The number of nitrogens with zero attached hydrogens (tertiary/aromatic N) is 3. The maximum absolute atomic E-state index is 12.3. The third-order valence-electron chi connectivity index (χ3n) is 3.39. The van der Waals surface area contributed by atoms with Crippen LogP contribution in [0.1, 0.15) is 39.2 Å². The minimum atomic E-state index is -0.287. The largest absolute Gasteiger partial charge is 0.336 e. The molecule has 0 saturated carbocycles. The van der Waals surface area contributed by atoms with E-state index in [0.717, 1.165) is 5.56 Å². The van der Waals surface area contributed by atoms with Crippen LogP contribution >= 0.6 is 0 Å². The second-order valence-corrected chi connectivity index (χ2v) is 5.52. The van der Waals surface area contributed by atoms with Crippen molar-refractivity contribution in [3.63, 3.8) is 0 Å². The summed E-state index contributed by atoms with van der Waals surface area (Å²) in [4.78, 5) is 14.2. The first-order chi connectivity index (χ1) is 9.00. The van der Waals surface area contributed by atoms with Gasteiger partial charge in [-0.15, -0.1) is 0 Å². The molecule has 0 aromatic heterocycles. The lowest BCUT2D eigenvalue weighted by Crippen LogP contribution is -2.36. The van der Waals surface area contributed by atoms with Gasteiger partial charge in [-0.05, 0) is 26.3 Å². The molecule has 0 radical (unpaired) electrons. The van der Waals surface area contributed by atoms with Gasteiger partial charge in [-0.3, -0.25) is 4.79 Å². The monoisotopic (exact) mass is 259 g/mol. The molecular formula is C15H21N3O. The average molecular weight is 259 g/mol. The topological polar surface area (TPSA) is 45.0 Å². The Kier molecular flexibility index (Phi) is 3.98. The predicted molar refractivity (Wildman–Crippen MR) is 74.6 cm³/mol. The molecule has 102 valence electrons. The van der Waals surface area contributed by atoms with E-state index in [1.807, 2.05) is 30.0 Å². The van der Waals surface area contributed by atoms with Gasteiger partial charge in [0, 0.05) is 25.4 Å². The third kappa shape index (κ3) is 3.88. The number of carbonyl (C=O) groups is 1. The third-order valence-corrected chi connectivity index (χ3v) is 3.39. The van der Waals surface area contributed by atoms with Crippen LogP contribution in [0.5, 0.6) is 0 Å². The molecule has 0 fully saturated rings. The lowest BCUT2D eigenvalue weighted by Gasteiger charge is -2.27. The fraction of sp³-hybridized carbons (Fsp3) is 0.533. The molecule has 0 N–H and O–H groups in total. The maximum atomic E-state index is 12.3. The Balaban J connectivity index is 1.93. The summed E-state index contributed by atoms with van der Waals surface area (Å²) in [6, 6.07) is 10.3. The number of rotatable bonds is 6. The second kappa shape index (κ2) is 5.51. The number of hydrogen-bond acceptors (Lipinski definition) is 3. The van der Waals surface area contributed by atoms with Gasteiger partial charge in [0.15, 0.2) is 5.66 Å². The van der Waals surface area contributed by atoms with Gasteiger partial charge < -0.3 is 4.90 Å². The van der Waals surface area contributed by atoms with E-state index in [-0.39, 0.29) is 17.6 Å². The molecule has 1 aliphatic rings. The SMILES string of the molecule is CC(C)N(Cc1ccccc1)C(=O)CCC1(C)N=N1. The van der Waals surface area contributed by atoms with Crippen molar-refractivity contribution < 1.29 is 4.79 Å². The van der Waals surface area contributed by atoms with E-state index >= 15 is 0 Å². The molecule has 4 heteroatoms. The van der Waals surface area contributed by atoms with Crippen LogP contribution in [0.2, 0.25) is 0 Å². The van der Waals surface area contributed by atoms with Crippen LogP contribution in [0, 0.1) is 0 Å². The predicted octanol–water partition coefficient (Wildman–Crippen LogP) is 3.39. The zero-order valence-electron chi connectivity index (χ0n) is 11.8. The smallest absolute Gasteiger partial charge is 0.223 e. The summed E-state index contributed by atoms with van der Waals surface area (Å²) < 4.78 is 0. The highest BCUT2D eigenvalue weighted by Crippen LogP contribution is 2.32. The number of benzene rings is 1. The Hall–Kier alpha value is -1.71. The Labute approximate surface area is 114 Å². The van der Waals surface area contributed by atoms with E-state index < -0.39 is 0 Å². The normalized spacial score (nSPS) is 15.6. The van der Waals surface area contributed by atoms with E-state index in [0.29, 0.717) is 19.4 Å². The number of hydrogen-bond donors (Lipinski definition) is 0. The van der Waals surface area contributed by atoms with E-state index in [1.165, 1.54) is 0 Å². The van der Waals surface area contributed by atoms with Gasteiger partial charge in [-0.25, -0.2) is 0 Å². The van der Waals surface area contributed by atoms with Crippen molar-refractivity contribution in [1.29, 1.82) is 0 Å². The molecule has 19 heavy (non-hydrogen) atoms. The van der Waals surface area contributed by atoms with Crippen molar-refractivity contribution in [3.8, 4) is 0 Å². The summed E-state index contributed by atoms with van der Waals surface area (Å²) in [5.74, 6) is 0.178. The highest BCUT2D eigenvalue weighted by atomic mass is 16.2. The fourth-order valence-electron chi connectivity index (χ4n) is 2.01. The van der Waals surface area contributed by atoms with E-state index in [9.17, 15) is 4.79 Å². The van der Waals surface area contributed by atoms with Crippen LogP contribution in [0.3, 0.4) is 0 Å². The van der Waals surface area contributed by atoms with E-state index in [1.54, 1.807) is 0 Å². The summed E-state index contributed by atoms with van der Waals surface area (Å²) in [6.45, 7) is 6.72. The molecule has 0 atom stereocenters. The van der Waals surface area contributed by atoms with Crippen LogP contribution in [-0.4, -0.2) is 22.5 Å². The van der Waals surface area contributed by atoms with Crippen LogP contribution in [-0.2, 0) is 11.3 Å². The highest BCUT2D eigenvalue weighted by molar-refractivity contribution is 5.76. The quantitative estimate of drug-likeness (QED) is 0.772. The average Bonchev–Trinajstić information content (AvgIpc) is 3.13. The van der Waals surface area contributed by atoms with Gasteiger partial charge in [0.05, 0.1) is 0 Å². The summed E-state index contributed by atoms with van der Waals surface area (Å²) in [5.41, 5.74) is 0.877. The van der Waals surface area contributed by atoms with Gasteiger partial charge >= 0.3 is 0 Å². The lowest BCUT2D eigenvalue weighted by atomic mass is 10.1. The standard InChI is InChI=1S/C15H21N3O/c1-12(2)18(11-13-7-5-4-6-8-13)14(19)9-10-15(3)16-17-15/h4-8,12H,9-11H2,1-3H3. The summed E-state index contributed by atoms with van der Waals surface area (Å²) in [5, 5.41) is 7.90. The Morgan fingerprint density at radius 3 is 2.42 bits per heavy atom. The zero-order chi connectivity index (χ0) is 13.9. The van der Waals surface area contributed by atoms with Gasteiger partial charge in [-0.1, -0.05) is 30.3 Å². The minimum Gasteiger partial charge on any atom is -0.336 e. The molecule has 1 amide bonds. The van der Waals surface area contributed by atoms with Gasteiger partial charge in [0.2, 0.25) is 5.91 Å². The summed E-state index contributed by atoms with van der Waals surface area (Å²) in [7, 11) is 0. The van der Waals surface area contributed by atoms with Crippen LogP contribution < -0.4 is 0 Å². The maximum Gasteiger partial charge on any atom is 0.223 e. The zero-order valence-corrected chi connectivity index (χ0v) is 11.8. The van der Waals surface area contributed by atoms with Crippen molar-refractivity contribution in [2.45, 2.75) is 51.9 Å². The Morgan fingerprint density at radius 2 is 1.89 bits per heavy atom. The van der Waals surface area contributed by atoms with Crippen LogP contribution in [0.25, 0.3) is 0 Å². The first-order valence-corrected chi connectivity index (χ1v) is 6.78. The summed E-state index contributed by atoms with van der Waals surface area (Å²) >= 11 is 0. The first kappa shape index (κ1) is 13.7. The van der Waals surface area contributed by atoms with Crippen LogP contribution in [0.4, 0.5) is 0 Å². The molecular weight excluding hydrogens is 238 g/mol. The molecule has 0 unspecified atom stereocenters. The van der Waals surface area contributed by atoms with Gasteiger partial charge in [0.1, 0.15) is 0 Å². The molecule has 1 aromatic rings. The second-order valence-electron chi connectivity index (χ2n) is 5.52. The Bertz CT molecular complexity index is 462. The van der Waals surface area contributed by atoms with Crippen molar-refractivity contribution in [2.24, 2.45) is 10.2 Å². The molecule has 1 aliphatic heterocycles. The molecule has 2 rings (SSSR count). The minimum absolute atomic E-state index is 0.178. The molecule has 0 saturated heterocycles. The highest BCUT2D eigenvalue weighted by Gasteiger charge is 2.34. The molecule has 1 heterocycles. The first-order valence-electron chi connectivity index (χ1n) is 6.78. The lowest BCUT2D eigenvalue weighted by molar-refractivity contribution is -0.133. The number of amides is 1. The van der Waals surface area contributed by atoms with E-state index in [2.05, 4.69) is 36.2 Å². The summed E-state index contributed by atoms with van der Waals surface area (Å²) in [6.07, 6.45) is 1.22. The molecule has 4 nitrogen and oxygen atoms in total.